The Balaban J connectivity index is 2.00. The van der Waals surface area contributed by atoms with Gasteiger partial charge in [0.05, 0.1) is 0 Å². The van der Waals surface area contributed by atoms with E-state index in [1.165, 1.54) is 4.90 Å². The summed E-state index contributed by atoms with van der Waals surface area (Å²) in [7, 11) is 0. The molecule has 0 aromatic heterocycles. The second-order valence-corrected chi connectivity index (χ2v) is 6.23. The first kappa shape index (κ1) is 14.4. The number of rotatable bonds is 5. The summed E-state index contributed by atoms with van der Waals surface area (Å²) in [4.78, 5) is 25.2. The van der Waals surface area contributed by atoms with Gasteiger partial charge in [-0.15, -0.1) is 0 Å². The van der Waals surface area contributed by atoms with E-state index >= 15 is 0 Å². The van der Waals surface area contributed by atoms with Crippen LogP contribution in [0.4, 0.5) is 10.5 Å². The van der Waals surface area contributed by atoms with Crippen LogP contribution in [0.3, 0.4) is 0 Å². The van der Waals surface area contributed by atoms with Crippen molar-refractivity contribution in [2.45, 2.75) is 25.1 Å². The van der Waals surface area contributed by atoms with Crippen LogP contribution in [-0.2, 0) is 4.79 Å². The lowest BCUT2D eigenvalue weighted by molar-refractivity contribution is -0.126. The monoisotopic (exact) mass is 342 g/mol. The predicted octanol–water partition coefficient (Wildman–Crippen LogP) is 3.68. The zero-order valence-corrected chi connectivity index (χ0v) is 13.0. The van der Waals surface area contributed by atoms with Crippen molar-refractivity contribution in [1.82, 2.24) is 4.90 Å². The third-order valence-corrected chi connectivity index (χ3v) is 4.31. The minimum atomic E-state index is -0.509. The molecule has 1 fully saturated rings. The topological polar surface area (TPSA) is 49.4 Å². The van der Waals surface area contributed by atoms with Gasteiger partial charge in [0.15, 0.2) is 5.37 Å². The van der Waals surface area contributed by atoms with Gasteiger partial charge in [-0.1, -0.05) is 29.3 Å². The number of halogens is 1. The van der Waals surface area contributed by atoms with Crippen molar-refractivity contribution in [2.24, 2.45) is 0 Å². The molecule has 19 heavy (non-hydrogen) atoms. The molecule has 2 amide bonds. The number of nitrogens with one attached hydrogen (secondary N) is 1. The van der Waals surface area contributed by atoms with Gasteiger partial charge in [-0.2, -0.15) is 0 Å². The molecule has 2 rings (SSSR count). The van der Waals surface area contributed by atoms with Crippen molar-refractivity contribution >= 4 is 44.5 Å². The molecule has 1 aliphatic heterocycles. The number of hydrogen-bond acceptors (Lipinski definition) is 4. The molecule has 0 saturated carbocycles. The second-order valence-electron chi connectivity index (χ2n) is 4.26. The maximum absolute atomic E-state index is 12.1. The number of hydrogen-bond donors (Lipinski definition) is 1. The van der Waals surface area contributed by atoms with E-state index < -0.39 is 5.37 Å². The van der Waals surface area contributed by atoms with Crippen LogP contribution in [0.2, 0.25) is 0 Å². The van der Waals surface area contributed by atoms with Gasteiger partial charge in [-0.25, -0.2) is 0 Å². The molecule has 1 atom stereocenters. The summed E-state index contributed by atoms with van der Waals surface area (Å²) in [6, 6.07) is 7.53. The normalized spacial score (nSPS) is 19.1. The van der Waals surface area contributed by atoms with Crippen LogP contribution in [-0.4, -0.2) is 28.0 Å². The average Bonchev–Trinajstić information content (AvgIpc) is 2.65. The number of carbonyl (C=O) groups is 2. The van der Waals surface area contributed by atoms with Crippen LogP contribution in [0, 0.1) is 0 Å². The molecule has 1 saturated heterocycles. The van der Waals surface area contributed by atoms with Gasteiger partial charge in [0.25, 0.3) is 11.1 Å². The smallest absolute Gasteiger partial charge is 0.290 e. The lowest BCUT2D eigenvalue weighted by atomic mass is 10.3. The lowest BCUT2D eigenvalue weighted by Crippen LogP contribution is -2.35. The molecular weight excluding hydrogens is 328 g/mol. The summed E-state index contributed by atoms with van der Waals surface area (Å²) < 4.78 is 0.976. The fourth-order valence-electron chi connectivity index (χ4n) is 1.75. The first-order chi connectivity index (χ1) is 9.11. The zero-order valence-electron chi connectivity index (χ0n) is 10.6. The first-order valence-electron chi connectivity index (χ1n) is 6.16. The van der Waals surface area contributed by atoms with Crippen LogP contribution in [0.1, 0.15) is 19.8 Å². The zero-order chi connectivity index (χ0) is 13.8. The van der Waals surface area contributed by atoms with E-state index in [9.17, 15) is 9.59 Å². The van der Waals surface area contributed by atoms with Gasteiger partial charge in [-0.3, -0.25) is 14.5 Å². The Bertz CT molecular complexity index is 478. The van der Waals surface area contributed by atoms with Crippen LogP contribution >= 0.6 is 27.7 Å². The molecular formula is C13H15BrN2O2S. The Labute approximate surface area is 125 Å². The third-order valence-electron chi connectivity index (χ3n) is 2.81. The molecule has 1 N–H and O–H groups in total. The number of carbonyl (C=O) groups excluding carboxylic acids is 2. The van der Waals surface area contributed by atoms with Gasteiger partial charge in [0.1, 0.15) is 0 Å². The number of anilines is 1. The molecule has 6 heteroatoms. The molecule has 102 valence electrons. The van der Waals surface area contributed by atoms with E-state index in [2.05, 4.69) is 21.2 Å². The number of benzene rings is 1. The summed E-state index contributed by atoms with van der Waals surface area (Å²) in [5.41, 5.74) is 0.833. The van der Waals surface area contributed by atoms with Gasteiger partial charge in [0.2, 0.25) is 0 Å². The van der Waals surface area contributed by atoms with Crippen molar-refractivity contribution in [3.63, 3.8) is 0 Å². The molecule has 4 nitrogen and oxygen atoms in total. The molecule has 0 unspecified atom stereocenters. The third kappa shape index (κ3) is 3.51. The Hall–Kier alpha value is -1.01. The van der Waals surface area contributed by atoms with Gasteiger partial charge in [0, 0.05) is 16.7 Å². The molecule has 1 aromatic carbocycles. The minimum Gasteiger partial charge on any atom is -0.365 e. The molecule has 1 heterocycles. The van der Waals surface area contributed by atoms with Gasteiger partial charge < -0.3 is 5.32 Å². The first-order valence-corrected chi connectivity index (χ1v) is 7.83. The fraction of sp³-hybridized carbons (Fsp3) is 0.385. The largest absolute Gasteiger partial charge is 0.365 e. The molecule has 1 aliphatic rings. The van der Waals surface area contributed by atoms with E-state index in [4.69, 9.17) is 0 Å². The van der Waals surface area contributed by atoms with E-state index in [0.717, 1.165) is 34.8 Å². The predicted molar refractivity (Wildman–Crippen MR) is 81.2 cm³/mol. The Kier molecular flexibility index (Phi) is 4.87. The Morgan fingerprint density at radius 3 is 2.63 bits per heavy atom. The quantitative estimate of drug-likeness (QED) is 0.886. The van der Waals surface area contributed by atoms with E-state index in [1.807, 2.05) is 31.2 Å². The summed E-state index contributed by atoms with van der Waals surface area (Å²) >= 11 is 4.40. The van der Waals surface area contributed by atoms with E-state index in [1.54, 1.807) is 0 Å². The van der Waals surface area contributed by atoms with Gasteiger partial charge in [-0.05, 0) is 42.4 Å². The lowest BCUT2D eigenvalue weighted by Gasteiger charge is -2.14. The van der Waals surface area contributed by atoms with Crippen LogP contribution in [0.25, 0.3) is 0 Å². The van der Waals surface area contributed by atoms with Crippen molar-refractivity contribution in [2.75, 3.05) is 11.9 Å². The number of thioether (sulfide) groups is 1. The number of amides is 2. The maximum Gasteiger partial charge on any atom is 0.290 e. The Morgan fingerprint density at radius 1 is 1.32 bits per heavy atom. The highest BCUT2D eigenvalue weighted by Crippen LogP contribution is 2.28. The standard InChI is InChI=1S/C13H15BrN2O2S/c1-2-3-8-16-12(17)11(19-13(16)18)15-10-6-4-9(14)5-7-10/h4-7,11,15H,2-3,8H2,1H3/t11-/m1/s1. The highest BCUT2D eigenvalue weighted by molar-refractivity contribution is 9.10. The summed E-state index contributed by atoms with van der Waals surface area (Å²) in [6.07, 6.45) is 1.82. The SMILES string of the molecule is CCCCN1C(=O)S[C@@H](Nc2ccc(Br)cc2)C1=O. The molecule has 0 spiro atoms. The highest BCUT2D eigenvalue weighted by atomic mass is 79.9. The summed E-state index contributed by atoms with van der Waals surface area (Å²) in [5.74, 6) is -0.147. The Morgan fingerprint density at radius 2 is 2.00 bits per heavy atom. The number of nitrogens with zero attached hydrogens (tertiary/aromatic N) is 1. The van der Waals surface area contributed by atoms with Crippen molar-refractivity contribution in [3.05, 3.63) is 28.7 Å². The maximum atomic E-state index is 12.1. The number of unbranched alkanes of at least 4 members (excludes halogenated alkanes) is 1. The summed E-state index contributed by atoms with van der Waals surface area (Å²) in [5, 5.41) is 2.42. The van der Waals surface area contributed by atoms with Crippen LogP contribution in [0.5, 0.6) is 0 Å². The van der Waals surface area contributed by atoms with Crippen LogP contribution in [0.15, 0.2) is 28.7 Å². The molecule has 0 radical (unpaired) electrons. The molecule has 1 aromatic rings. The van der Waals surface area contributed by atoms with Crippen molar-refractivity contribution < 1.29 is 9.59 Å². The van der Waals surface area contributed by atoms with E-state index in [0.29, 0.717) is 6.54 Å². The highest BCUT2D eigenvalue weighted by Gasteiger charge is 2.39. The summed E-state index contributed by atoms with van der Waals surface area (Å²) in [6.45, 7) is 2.55. The van der Waals surface area contributed by atoms with Crippen LogP contribution < -0.4 is 5.32 Å². The van der Waals surface area contributed by atoms with Crippen molar-refractivity contribution in [1.29, 1.82) is 0 Å². The average molecular weight is 343 g/mol. The van der Waals surface area contributed by atoms with E-state index in [-0.39, 0.29) is 11.1 Å². The number of imide groups is 1. The fourth-order valence-corrected chi connectivity index (χ4v) is 2.95. The minimum absolute atomic E-state index is 0.147. The van der Waals surface area contributed by atoms with Crippen molar-refractivity contribution in [3.8, 4) is 0 Å². The van der Waals surface area contributed by atoms with Gasteiger partial charge >= 0.3 is 0 Å². The second kappa shape index (κ2) is 6.43. The molecule has 0 aliphatic carbocycles. The molecule has 0 bridgehead atoms.